The highest BCUT2D eigenvalue weighted by atomic mass is 19.4. The fourth-order valence-electron chi connectivity index (χ4n) is 7.33. The molecule has 0 aliphatic carbocycles. The number of H-pyrrole nitrogens is 1. The highest BCUT2D eigenvalue weighted by Crippen LogP contribution is 2.38. The number of aromatic carboxylic acids is 1. The number of esters is 1. The summed E-state index contributed by atoms with van der Waals surface area (Å²) in [4.78, 5) is 67.9. The fourth-order valence-corrected chi connectivity index (χ4v) is 7.33. The predicted molar refractivity (Wildman–Crippen MR) is 247 cm³/mol. The average molecular weight is 997 g/mol. The predicted octanol–water partition coefficient (Wildman–Crippen LogP) is 11.2. The molecule has 2 amide bonds. The van der Waals surface area contributed by atoms with E-state index >= 15 is 0 Å². The van der Waals surface area contributed by atoms with Gasteiger partial charge in [-0.25, -0.2) is 9.59 Å². The Morgan fingerprint density at radius 1 is 0.639 bits per heavy atom. The van der Waals surface area contributed by atoms with Crippen LogP contribution in [0.25, 0.3) is 44.1 Å². The summed E-state index contributed by atoms with van der Waals surface area (Å²) in [7, 11) is 0. The molecule has 72 heavy (non-hydrogen) atoms. The summed E-state index contributed by atoms with van der Waals surface area (Å²) in [6.07, 6.45) is -9.99. The number of hydrogen-bond donors (Lipinski definition) is 4. The summed E-state index contributed by atoms with van der Waals surface area (Å²) in [5.41, 5.74) is -1.01. The number of amides is 2. The van der Waals surface area contributed by atoms with Gasteiger partial charge in [-0.05, 0) is 109 Å². The second kappa shape index (κ2) is 20.2. The summed E-state index contributed by atoms with van der Waals surface area (Å²) < 4.78 is 85.7. The standard InChI is InChI=1S/2C24H17F3N4O5/c1-2-36-23(33)21-17-9-5-14(12-19(17)29-30-21)13-3-7-16(8-4-13)28-22(32)15-6-10-20(31(34)35)18(11-15)24(25,26)27;1-2-30-20-12-14(5-9-17(20)21(29-30)23(33)34)13-3-7-16(8-4-13)28-22(32)15-6-10-19(31(35)36)18(11-15)24(25,26)27/h3-12H,2H2,1H3,(H,28,32)(H,29,30);3-12H,2H2,1H3,(H,28,32)(H,33,34). The molecular weight excluding hydrogens is 963 g/mol. The number of carbonyl (C=O) groups excluding carboxylic acids is 3. The molecular formula is C48H34F6N8O10. The number of carbonyl (C=O) groups is 4. The lowest BCUT2D eigenvalue weighted by molar-refractivity contribution is -0.388. The van der Waals surface area contributed by atoms with Crippen LogP contribution in [0.1, 0.15) is 66.7 Å². The Balaban J connectivity index is 0.000000211. The summed E-state index contributed by atoms with van der Waals surface area (Å²) in [6.45, 7) is 4.23. The molecule has 0 saturated carbocycles. The number of nitro groups is 2. The van der Waals surface area contributed by atoms with Gasteiger partial charge in [-0.2, -0.15) is 36.5 Å². The lowest BCUT2D eigenvalue weighted by atomic mass is 10.0. The highest BCUT2D eigenvalue weighted by Gasteiger charge is 2.40. The van der Waals surface area contributed by atoms with Crippen LogP contribution < -0.4 is 10.6 Å². The maximum atomic E-state index is 13.2. The van der Waals surface area contributed by atoms with Crippen molar-refractivity contribution in [3.63, 3.8) is 0 Å². The zero-order valence-corrected chi connectivity index (χ0v) is 37.1. The number of nitro benzene ring substituents is 2. The van der Waals surface area contributed by atoms with Crippen LogP contribution in [-0.2, 0) is 23.6 Å². The third kappa shape index (κ3) is 10.9. The molecule has 0 aliphatic heterocycles. The Morgan fingerprint density at radius 3 is 1.53 bits per heavy atom. The maximum Gasteiger partial charge on any atom is 0.423 e. The SMILES string of the molecule is CCOC(=O)c1n[nH]c2cc(-c3ccc(NC(=O)c4ccc([N+](=O)[O-])c(C(F)(F)F)c4)cc3)ccc12.CCn1nc(C(=O)O)c2ccc(-c3ccc(NC(=O)c4ccc([N+](=O)[O-])c(C(F)(F)F)c4)cc3)cc21. The van der Waals surface area contributed by atoms with Gasteiger partial charge < -0.3 is 20.5 Å². The van der Waals surface area contributed by atoms with Gasteiger partial charge in [-0.1, -0.05) is 36.4 Å². The van der Waals surface area contributed by atoms with E-state index in [1.807, 2.05) is 6.92 Å². The number of hydrogen-bond acceptors (Lipinski definition) is 11. The van der Waals surface area contributed by atoms with Crippen LogP contribution in [0.2, 0.25) is 0 Å². The van der Waals surface area contributed by atoms with Crippen LogP contribution in [0.3, 0.4) is 0 Å². The quantitative estimate of drug-likeness (QED) is 0.0386. The molecule has 6 aromatic carbocycles. The largest absolute Gasteiger partial charge is 0.476 e. The van der Waals surface area contributed by atoms with E-state index in [1.165, 1.54) is 0 Å². The minimum atomic E-state index is -5.00. The number of benzene rings is 6. The van der Waals surface area contributed by atoms with Crippen molar-refractivity contribution < 1.29 is 65.2 Å². The molecule has 2 heterocycles. The summed E-state index contributed by atoms with van der Waals surface area (Å²) in [6, 6.07) is 27.5. The van der Waals surface area contributed by atoms with Crippen molar-refractivity contribution in [3.05, 3.63) is 175 Å². The number of nitrogens with one attached hydrogen (secondary N) is 3. The zero-order valence-electron chi connectivity index (χ0n) is 37.1. The topological polar surface area (TPSA) is 255 Å². The van der Waals surface area contributed by atoms with Gasteiger partial charge in [-0.15, -0.1) is 0 Å². The van der Waals surface area contributed by atoms with E-state index in [9.17, 15) is 70.9 Å². The van der Waals surface area contributed by atoms with Gasteiger partial charge in [0.25, 0.3) is 23.2 Å². The van der Waals surface area contributed by atoms with E-state index in [-0.39, 0.29) is 29.1 Å². The van der Waals surface area contributed by atoms with Crippen LogP contribution >= 0.6 is 0 Å². The smallest absolute Gasteiger partial charge is 0.423 e. The normalized spacial score (nSPS) is 11.4. The number of rotatable bonds is 12. The van der Waals surface area contributed by atoms with Crippen molar-refractivity contribution in [3.8, 4) is 22.3 Å². The molecule has 8 rings (SSSR count). The molecule has 0 bridgehead atoms. The summed E-state index contributed by atoms with van der Waals surface area (Å²) >= 11 is 0. The third-order valence-electron chi connectivity index (χ3n) is 10.8. The van der Waals surface area contributed by atoms with Crippen LogP contribution in [0.5, 0.6) is 0 Å². The van der Waals surface area contributed by atoms with E-state index in [0.717, 1.165) is 34.4 Å². The average Bonchev–Trinajstić information content (AvgIpc) is 3.95. The van der Waals surface area contributed by atoms with Crippen molar-refractivity contribution in [2.24, 2.45) is 0 Å². The molecule has 24 heteroatoms. The van der Waals surface area contributed by atoms with Crippen LogP contribution in [0.15, 0.2) is 121 Å². The fraction of sp³-hybridized carbons (Fsp3) is 0.125. The van der Waals surface area contributed by atoms with Gasteiger partial charge in [0.1, 0.15) is 11.1 Å². The lowest BCUT2D eigenvalue weighted by Crippen LogP contribution is -2.15. The van der Waals surface area contributed by atoms with E-state index in [4.69, 9.17) is 4.74 Å². The van der Waals surface area contributed by atoms with Crippen molar-refractivity contribution in [1.82, 2.24) is 20.0 Å². The molecule has 0 atom stereocenters. The molecule has 2 aromatic heterocycles. The third-order valence-corrected chi connectivity index (χ3v) is 10.8. The number of aryl methyl sites for hydroxylation is 1. The molecule has 0 aliphatic rings. The minimum absolute atomic E-state index is 0.0450. The summed E-state index contributed by atoms with van der Waals surface area (Å²) in [5.74, 6) is -3.38. The highest BCUT2D eigenvalue weighted by molar-refractivity contribution is 6.06. The molecule has 8 aromatic rings. The Hall–Kier alpha value is -9.48. The molecule has 18 nitrogen and oxygen atoms in total. The molecule has 0 saturated heterocycles. The number of ether oxygens (including phenoxy) is 1. The van der Waals surface area contributed by atoms with Gasteiger partial charge in [0.2, 0.25) is 0 Å². The Kier molecular flexibility index (Phi) is 14.2. The maximum absolute atomic E-state index is 13.2. The second-order valence-corrected chi connectivity index (χ2v) is 15.3. The van der Waals surface area contributed by atoms with Gasteiger partial charge in [-0.3, -0.25) is 39.6 Å². The van der Waals surface area contributed by atoms with Gasteiger partial charge in [0.05, 0.1) is 27.5 Å². The second-order valence-electron chi connectivity index (χ2n) is 15.3. The van der Waals surface area contributed by atoms with Crippen LogP contribution in [-0.4, -0.2) is 65.3 Å². The monoisotopic (exact) mass is 996 g/mol. The van der Waals surface area contributed by atoms with E-state index in [0.29, 0.717) is 64.0 Å². The number of alkyl halides is 6. The molecule has 368 valence electrons. The molecule has 0 spiro atoms. The van der Waals surface area contributed by atoms with E-state index < -0.39 is 68.5 Å². The molecule has 4 N–H and O–H groups in total. The van der Waals surface area contributed by atoms with Gasteiger partial charge >= 0.3 is 24.3 Å². The van der Waals surface area contributed by atoms with Crippen molar-refractivity contribution >= 4 is 68.3 Å². The minimum Gasteiger partial charge on any atom is -0.476 e. The molecule has 0 unspecified atom stereocenters. The number of carboxylic acids is 1. The van der Waals surface area contributed by atoms with Crippen LogP contribution in [0, 0.1) is 20.2 Å². The van der Waals surface area contributed by atoms with Crippen molar-refractivity contribution in [2.45, 2.75) is 32.7 Å². The Morgan fingerprint density at radius 2 is 1.10 bits per heavy atom. The number of aromatic nitrogens is 4. The van der Waals surface area contributed by atoms with Gasteiger partial charge in [0.15, 0.2) is 11.4 Å². The number of nitrogens with zero attached hydrogens (tertiary/aromatic N) is 5. The zero-order chi connectivity index (χ0) is 52.2. The molecule has 0 radical (unpaired) electrons. The summed E-state index contributed by atoms with van der Waals surface area (Å²) in [5, 5.41) is 48.1. The Labute approximate surface area is 400 Å². The number of aromatic amines is 1. The lowest BCUT2D eigenvalue weighted by Gasteiger charge is -2.11. The Bertz CT molecular complexity index is 3440. The van der Waals surface area contributed by atoms with E-state index in [1.54, 1.807) is 96.5 Å². The van der Waals surface area contributed by atoms with Crippen molar-refractivity contribution in [2.75, 3.05) is 17.2 Å². The van der Waals surface area contributed by atoms with E-state index in [2.05, 4.69) is 25.9 Å². The molecule has 0 fully saturated rings. The number of fused-ring (bicyclic) bond motifs is 2. The first kappa shape index (κ1) is 50.4. The first-order valence-electron chi connectivity index (χ1n) is 21.0. The number of halogens is 6. The van der Waals surface area contributed by atoms with Crippen molar-refractivity contribution in [1.29, 1.82) is 0 Å². The van der Waals surface area contributed by atoms with Crippen LogP contribution in [0.4, 0.5) is 49.1 Å². The number of anilines is 2. The first-order valence-corrected chi connectivity index (χ1v) is 21.0. The first-order chi connectivity index (χ1) is 34.1. The van der Waals surface area contributed by atoms with Gasteiger partial charge in [0, 0.05) is 52.0 Å². The number of carboxylic acid groups (broad SMARTS) is 1.